The zero-order valence-electron chi connectivity index (χ0n) is 16.5. The number of carbonyl (C=O) groups is 2. The van der Waals surface area contributed by atoms with E-state index in [1.165, 1.54) is 0 Å². The van der Waals surface area contributed by atoms with Gasteiger partial charge in [-0.15, -0.1) is 0 Å². The van der Waals surface area contributed by atoms with Crippen LogP contribution in [0.5, 0.6) is 5.75 Å². The monoisotopic (exact) mass is 405 g/mol. The Labute approximate surface area is 174 Å². The molecule has 1 saturated heterocycles. The van der Waals surface area contributed by atoms with E-state index in [2.05, 4.69) is 10.3 Å². The van der Waals surface area contributed by atoms with Crippen LogP contribution in [0.3, 0.4) is 0 Å². The summed E-state index contributed by atoms with van der Waals surface area (Å²) in [5.74, 6) is 0.559. The summed E-state index contributed by atoms with van der Waals surface area (Å²) >= 11 is 0. The van der Waals surface area contributed by atoms with Gasteiger partial charge in [0.05, 0.1) is 6.54 Å². The van der Waals surface area contributed by atoms with Gasteiger partial charge >= 0.3 is 6.09 Å². The van der Waals surface area contributed by atoms with E-state index in [4.69, 9.17) is 9.47 Å². The minimum Gasteiger partial charge on any atom is -0.486 e. The summed E-state index contributed by atoms with van der Waals surface area (Å²) in [7, 11) is 0. The molecule has 2 aromatic carbocycles. The second-order valence-corrected chi connectivity index (χ2v) is 7.11. The minimum absolute atomic E-state index is 0.101. The van der Waals surface area contributed by atoms with Crippen LogP contribution >= 0.6 is 0 Å². The molecule has 30 heavy (non-hydrogen) atoms. The van der Waals surface area contributed by atoms with E-state index in [-0.39, 0.29) is 25.2 Å². The van der Waals surface area contributed by atoms with E-state index in [1.54, 1.807) is 11.1 Å². The number of hydrogen-bond donors (Lipinski definition) is 1. The van der Waals surface area contributed by atoms with E-state index in [9.17, 15) is 9.59 Å². The molecule has 2 amide bonds. The number of carbonyl (C=O) groups excluding carboxylic acids is 2. The van der Waals surface area contributed by atoms with Gasteiger partial charge in [-0.25, -0.2) is 4.79 Å². The number of nitrogens with one attached hydrogen (secondary N) is 1. The Balaban J connectivity index is 1.24. The maximum Gasteiger partial charge on any atom is 0.407 e. The highest BCUT2D eigenvalue weighted by Crippen LogP contribution is 2.26. The van der Waals surface area contributed by atoms with Crippen LogP contribution in [0.1, 0.15) is 12.0 Å². The molecule has 1 atom stereocenters. The van der Waals surface area contributed by atoms with Crippen LogP contribution in [0.2, 0.25) is 0 Å². The number of fused-ring (bicyclic) bond motifs is 1. The molecule has 154 valence electrons. The highest BCUT2D eigenvalue weighted by molar-refractivity contribution is 5.84. The summed E-state index contributed by atoms with van der Waals surface area (Å²) in [6.07, 6.45) is 1.75. The van der Waals surface area contributed by atoms with Gasteiger partial charge in [-0.2, -0.15) is 0 Å². The van der Waals surface area contributed by atoms with Crippen LogP contribution in [0, 0.1) is 0 Å². The Kier molecular flexibility index (Phi) is 6.08. The summed E-state index contributed by atoms with van der Waals surface area (Å²) < 4.78 is 11.2. The third kappa shape index (κ3) is 4.86. The highest BCUT2D eigenvalue weighted by Gasteiger charge is 2.28. The van der Waals surface area contributed by atoms with Gasteiger partial charge in [-0.3, -0.25) is 9.78 Å². The standard InChI is InChI=1S/C23H23N3O4/c27-21(14-25-23(28)29-16-17-6-2-1-3-7-17)26-13-11-19(15-26)30-20-10-4-8-18-9-5-12-24-22(18)20/h1-10,12,19H,11,13-16H2,(H,25,28). The number of hydrogen-bond acceptors (Lipinski definition) is 5. The van der Waals surface area contributed by atoms with Crippen LogP contribution in [-0.4, -0.2) is 47.6 Å². The minimum atomic E-state index is -0.610. The Morgan fingerprint density at radius 2 is 1.90 bits per heavy atom. The van der Waals surface area contributed by atoms with Gasteiger partial charge in [-0.1, -0.05) is 48.5 Å². The molecule has 1 unspecified atom stereocenters. The maximum atomic E-state index is 12.4. The average molecular weight is 405 g/mol. The first kappa shape index (κ1) is 19.7. The molecule has 7 heteroatoms. The molecule has 4 rings (SSSR count). The molecule has 1 aliphatic heterocycles. The molecule has 0 bridgehead atoms. The van der Waals surface area contributed by atoms with Crippen molar-refractivity contribution in [2.75, 3.05) is 19.6 Å². The molecule has 1 fully saturated rings. The van der Waals surface area contributed by atoms with Crippen LogP contribution < -0.4 is 10.1 Å². The van der Waals surface area contributed by atoms with Gasteiger partial charge in [0.15, 0.2) is 0 Å². The number of nitrogens with zero attached hydrogens (tertiary/aromatic N) is 2. The maximum absolute atomic E-state index is 12.4. The number of para-hydroxylation sites is 1. The number of ether oxygens (including phenoxy) is 2. The number of amides is 2. The van der Waals surface area contributed by atoms with Gasteiger partial charge in [0.25, 0.3) is 0 Å². The van der Waals surface area contributed by atoms with Gasteiger partial charge < -0.3 is 19.7 Å². The predicted molar refractivity (Wildman–Crippen MR) is 112 cm³/mol. The van der Waals surface area contributed by atoms with Crippen molar-refractivity contribution in [2.24, 2.45) is 0 Å². The largest absolute Gasteiger partial charge is 0.486 e. The van der Waals surface area contributed by atoms with E-state index in [0.29, 0.717) is 13.1 Å². The molecule has 3 aromatic rings. The van der Waals surface area contributed by atoms with Crippen molar-refractivity contribution >= 4 is 22.9 Å². The molecule has 1 N–H and O–H groups in total. The SMILES string of the molecule is O=C(NCC(=O)N1CCC(Oc2cccc3cccnc23)C1)OCc1ccccc1. The van der Waals surface area contributed by atoms with Crippen molar-refractivity contribution in [1.29, 1.82) is 0 Å². The van der Waals surface area contributed by atoms with Gasteiger partial charge in [-0.05, 0) is 17.7 Å². The summed E-state index contributed by atoms with van der Waals surface area (Å²) in [4.78, 5) is 30.3. The van der Waals surface area contributed by atoms with Crippen LogP contribution in [-0.2, 0) is 16.1 Å². The van der Waals surface area contributed by atoms with Crippen molar-refractivity contribution in [3.05, 3.63) is 72.4 Å². The lowest BCUT2D eigenvalue weighted by Gasteiger charge is -2.18. The topological polar surface area (TPSA) is 80.8 Å². The zero-order chi connectivity index (χ0) is 20.8. The summed E-state index contributed by atoms with van der Waals surface area (Å²) in [5, 5.41) is 3.53. The first-order valence-electron chi connectivity index (χ1n) is 9.92. The lowest BCUT2D eigenvalue weighted by molar-refractivity contribution is -0.129. The molecular weight excluding hydrogens is 382 g/mol. The molecule has 2 heterocycles. The highest BCUT2D eigenvalue weighted by atomic mass is 16.5. The van der Waals surface area contributed by atoms with E-state index in [0.717, 1.165) is 28.6 Å². The molecule has 1 aromatic heterocycles. The van der Waals surface area contributed by atoms with E-state index < -0.39 is 6.09 Å². The number of alkyl carbamates (subject to hydrolysis) is 1. The number of likely N-dealkylation sites (tertiary alicyclic amines) is 1. The quantitative estimate of drug-likeness (QED) is 0.681. The molecular formula is C23H23N3O4. The number of pyridine rings is 1. The fourth-order valence-electron chi connectivity index (χ4n) is 3.44. The Hall–Kier alpha value is -3.61. The van der Waals surface area contributed by atoms with Crippen molar-refractivity contribution in [3.8, 4) is 5.75 Å². The number of aromatic nitrogens is 1. The van der Waals surface area contributed by atoms with Crippen molar-refractivity contribution < 1.29 is 19.1 Å². The van der Waals surface area contributed by atoms with Crippen LogP contribution in [0.15, 0.2) is 66.9 Å². The van der Waals surface area contributed by atoms with Gasteiger partial charge in [0, 0.05) is 24.5 Å². The van der Waals surface area contributed by atoms with Gasteiger partial charge in [0.2, 0.25) is 5.91 Å². The van der Waals surface area contributed by atoms with Crippen LogP contribution in [0.4, 0.5) is 4.79 Å². The van der Waals surface area contributed by atoms with E-state index in [1.807, 2.05) is 60.7 Å². The van der Waals surface area contributed by atoms with Crippen molar-refractivity contribution in [1.82, 2.24) is 15.2 Å². The summed E-state index contributed by atoms with van der Waals surface area (Å²) in [5.41, 5.74) is 1.70. The third-order valence-electron chi connectivity index (χ3n) is 4.98. The molecule has 0 spiro atoms. The van der Waals surface area contributed by atoms with Crippen molar-refractivity contribution in [2.45, 2.75) is 19.1 Å². The van der Waals surface area contributed by atoms with E-state index >= 15 is 0 Å². The Morgan fingerprint density at radius 1 is 1.07 bits per heavy atom. The molecule has 0 radical (unpaired) electrons. The average Bonchev–Trinajstić information content (AvgIpc) is 3.26. The second kappa shape index (κ2) is 9.26. The summed E-state index contributed by atoms with van der Waals surface area (Å²) in [6.45, 7) is 1.13. The predicted octanol–water partition coefficient (Wildman–Crippen LogP) is 3.14. The summed E-state index contributed by atoms with van der Waals surface area (Å²) in [6, 6.07) is 19.1. The Bertz CT molecular complexity index is 1020. The molecule has 1 aliphatic rings. The lowest BCUT2D eigenvalue weighted by atomic mass is 10.2. The Morgan fingerprint density at radius 3 is 2.77 bits per heavy atom. The first-order valence-corrected chi connectivity index (χ1v) is 9.92. The lowest BCUT2D eigenvalue weighted by Crippen LogP contribution is -2.39. The fraction of sp³-hybridized carbons (Fsp3) is 0.261. The third-order valence-corrected chi connectivity index (χ3v) is 4.98. The molecule has 0 aliphatic carbocycles. The molecule has 7 nitrogen and oxygen atoms in total. The van der Waals surface area contributed by atoms with Gasteiger partial charge in [0.1, 0.15) is 30.5 Å². The normalized spacial score (nSPS) is 15.7. The number of rotatable bonds is 6. The zero-order valence-corrected chi connectivity index (χ0v) is 16.5. The van der Waals surface area contributed by atoms with Crippen molar-refractivity contribution in [3.63, 3.8) is 0 Å². The second-order valence-electron chi connectivity index (χ2n) is 7.11. The smallest absolute Gasteiger partial charge is 0.407 e. The first-order chi connectivity index (χ1) is 14.7. The number of benzene rings is 2. The fourth-order valence-corrected chi connectivity index (χ4v) is 3.44. The molecule has 0 saturated carbocycles. The van der Waals surface area contributed by atoms with Crippen LogP contribution in [0.25, 0.3) is 10.9 Å².